The number of methoxy groups -OCH3 is 1. The Bertz CT molecular complexity index is 992. The molecule has 0 radical (unpaired) electrons. The van der Waals surface area contributed by atoms with Gasteiger partial charge in [0.15, 0.2) is 16.7 Å². The first kappa shape index (κ1) is 20.8. The molecule has 1 saturated heterocycles. The Morgan fingerprint density at radius 2 is 2.11 bits per heavy atom. The molecule has 28 heavy (non-hydrogen) atoms. The van der Waals surface area contributed by atoms with Crippen LogP contribution in [0.1, 0.15) is 18.1 Å². The number of carbonyl (C=O) groups excluding carboxylic acids is 1. The van der Waals surface area contributed by atoms with E-state index in [9.17, 15) is 4.79 Å². The quantitative estimate of drug-likeness (QED) is 0.556. The number of hydrogen-bond donors (Lipinski definition) is 1. The predicted octanol–water partition coefficient (Wildman–Crippen LogP) is 5.71. The zero-order valence-electron chi connectivity index (χ0n) is 15.5. The molecule has 0 spiro atoms. The van der Waals surface area contributed by atoms with Crippen LogP contribution in [0.25, 0.3) is 6.08 Å². The average molecular weight is 482 g/mol. The summed E-state index contributed by atoms with van der Waals surface area (Å²) in [6, 6.07) is 9.15. The highest BCUT2D eigenvalue weighted by Gasteiger charge is 2.24. The molecule has 146 valence electrons. The summed E-state index contributed by atoms with van der Waals surface area (Å²) in [5.74, 6) is 1.04. The maximum absolute atomic E-state index is 12.4. The SMILES string of the molecule is CCOc1cc(C=C2SC(=Nc3cccc(Cl)c3C)NC2=O)c(Br)cc1OC. The second-order valence-electron chi connectivity index (χ2n) is 5.82. The minimum Gasteiger partial charge on any atom is -0.493 e. The van der Waals surface area contributed by atoms with E-state index >= 15 is 0 Å². The van der Waals surface area contributed by atoms with Gasteiger partial charge in [-0.15, -0.1) is 0 Å². The topological polar surface area (TPSA) is 59.9 Å². The average Bonchev–Trinajstić information content (AvgIpc) is 3.00. The van der Waals surface area contributed by atoms with Gasteiger partial charge in [-0.3, -0.25) is 4.79 Å². The number of carbonyl (C=O) groups is 1. The number of nitrogens with zero attached hydrogens (tertiary/aromatic N) is 1. The number of hydrogen-bond acceptors (Lipinski definition) is 5. The van der Waals surface area contributed by atoms with Crippen molar-refractivity contribution < 1.29 is 14.3 Å². The highest BCUT2D eigenvalue weighted by Crippen LogP contribution is 2.37. The third kappa shape index (κ3) is 4.54. The minimum atomic E-state index is -0.205. The van der Waals surface area contributed by atoms with E-state index in [4.69, 9.17) is 21.1 Å². The van der Waals surface area contributed by atoms with Gasteiger partial charge < -0.3 is 14.8 Å². The predicted molar refractivity (Wildman–Crippen MR) is 119 cm³/mol. The summed E-state index contributed by atoms with van der Waals surface area (Å²) in [5, 5.41) is 3.94. The Hall–Kier alpha value is -1.96. The molecule has 2 aromatic carbocycles. The second kappa shape index (κ2) is 9.03. The molecule has 0 aromatic heterocycles. The number of aliphatic imine (C=N–C) groups is 1. The molecule has 0 bridgehead atoms. The normalized spacial score (nSPS) is 16.5. The summed E-state index contributed by atoms with van der Waals surface area (Å²) in [6.07, 6.45) is 1.79. The monoisotopic (exact) mass is 480 g/mol. The number of halogens is 2. The Morgan fingerprint density at radius 1 is 1.32 bits per heavy atom. The van der Waals surface area contributed by atoms with Gasteiger partial charge in [0.2, 0.25) is 0 Å². The summed E-state index contributed by atoms with van der Waals surface area (Å²) in [4.78, 5) is 17.5. The van der Waals surface area contributed by atoms with Crippen LogP contribution in [0.5, 0.6) is 11.5 Å². The number of benzene rings is 2. The van der Waals surface area contributed by atoms with Crippen molar-refractivity contribution in [1.29, 1.82) is 0 Å². The molecule has 1 heterocycles. The standard InChI is InChI=1S/C20H18BrClN2O3S/c1-4-27-17-8-12(13(21)10-16(17)26-3)9-18-19(25)24-20(28-18)23-15-7-5-6-14(22)11(15)2/h5-10H,4H2,1-3H3,(H,23,24,25). The molecule has 3 rings (SSSR count). The highest BCUT2D eigenvalue weighted by atomic mass is 79.9. The molecular formula is C20H18BrClN2O3S. The molecule has 2 aromatic rings. The van der Waals surface area contributed by atoms with Crippen molar-refractivity contribution in [1.82, 2.24) is 5.32 Å². The molecule has 0 aliphatic carbocycles. The molecule has 1 amide bonds. The van der Waals surface area contributed by atoms with Crippen molar-refractivity contribution in [3.63, 3.8) is 0 Å². The first-order valence-electron chi connectivity index (χ1n) is 8.48. The fourth-order valence-corrected chi connectivity index (χ4v) is 3.97. The van der Waals surface area contributed by atoms with E-state index in [0.717, 1.165) is 21.3 Å². The summed E-state index contributed by atoms with van der Waals surface area (Å²) >= 11 is 10.9. The van der Waals surface area contributed by atoms with E-state index in [1.165, 1.54) is 11.8 Å². The fraction of sp³-hybridized carbons (Fsp3) is 0.200. The minimum absolute atomic E-state index is 0.205. The van der Waals surface area contributed by atoms with E-state index in [1.807, 2.05) is 44.2 Å². The lowest BCUT2D eigenvalue weighted by Gasteiger charge is -2.11. The van der Waals surface area contributed by atoms with E-state index in [-0.39, 0.29) is 5.91 Å². The van der Waals surface area contributed by atoms with Gasteiger partial charge in [0, 0.05) is 9.50 Å². The van der Waals surface area contributed by atoms with Crippen molar-refractivity contribution >= 4 is 62.1 Å². The lowest BCUT2D eigenvalue weighted by atomic mass is 10.2. The lowest BCUT2D eigenvalue weighted by molar-refractivity contribution is -0.115. The Labute approximate surface area is 181 Å². The van der Waals surface area contributed by atoms with Crippen molar-refractivity contribution in [2.24, 2.45) is 4.99 Å². The van der Waals surface area contributed by atoms with Crippen molar-refractivity contribution in [3.8, 4) is 11.5 Å². The lowest BCUT2D eigenvalue weighted by Crippen LogP contribution is -2.19. The summed E-state index contributed by atoms with van der Waals surface area (Å²) in [5.41, 5.74) is 2.39. The first-order chi connectivity index (χ1) is 13.4. The van der Waals surface area contributed by atoms with Gasteiger partial charge in [-0.2, -0.15) is 0 Å². The Kier molecular flexibility index (Phi) is 6.69. The molecule has 1 fully saturated rings. The van der Waals surface area contributed by atoms with Crippen LogP contribution in [-0.2, 0) is 4.79 Å². The van der Waals surface area contributed by atoms with Gasteiger partial charge in [-0.1, -0.05) is 33.6 Å². The fourth-order valence-electron chi connectivity index (χ4n) is 2.54. The Balaban J connectivity index is 1.92. The van der Waals surface area contributed by atoms with E-state index in [2.05, 4.69) is 26.2 Å². The molecule has 0 unspecified atom stereocenters. The second-order valence-corrected chi connectivity index (χ2v) is 8.12. The van der Waals surface area contributed by atoms with Crippen LogP contribution >= 0.6 is 39.3 Å². The third-order valence-electron chi connectivity index (χ3n) is 3.98. The van der Waals surface area contributed by atoms with Gasteiger partial charge in [-0.25, -0.2) is 4.99 Å². The van der Waals surface area contributed by atoms with Crippen LogP contribution in [0.4, 0.5) is 5.69 Å². The summed E-state index contributed by atoms with van der Waals surface area (Å²) in [7, 11) is 1.59. The largest absolute Gasteiger partial charge is 0.493 e. The highest BCUT2D eigenvalue weighted by molar-refractivity contribution is 9.10. The van der Waals surface area contributed by atoms with Crippen molar-refractivity contribution in [3.05, 3.63) is 55.9 Å². The third-order valence-corrected chi connectivity index (χ3v) is 5.99. The number of thioether (sulfide) groups is 1. The van der Waals surface area contributed by atoms with Crippen molar-refractivity contribution in [2.75, 3.05) is 13.7 Å². The maximum atomic E-state index is 12.4. The molecule has 0 atom stereocenters. The molecule has 1 aliphatic heterocycles. The van der Waals surface area contributed by atoms with Gasteiger partial charge in [-0.05, 0) is 67.1 Å². The van der Waals surface area contributed by atoms with Crippen LogP contribution in [-0.4, -0.2) is 24.8 Å². The zero-order valence-corrected chi connectivity index (χ0v) is 18.7. The van der Waals surface area contributed by atoms with Crippen LogP contribution in [0.15, 0.2) is 44.7 Å². The number of rotatable bonds is 5. The summed E-state index contributed by atoms with van der Waals surface area (Å²) < 4.78 is 11.8. The van der Waals surface area contributed by atoms with E-state index < -0.39 is 0 Å². The molecule has 5 nitrogen and oxygen atoms in total. The number of ether oxygens (including phenoxy) is 2. The van der Waals surface area contributed by atoms with Crippen LogP contribution < -0.4 is 14.8 Å². The van der Waals surface area contributed by atoms with Crippen LogP contribution in [0.2, 0.25) is 5.02 Å². The molecular weight excluding hydrogens is 464 g/mol. The zero-order chi connectivity index (χ0) is 20.3. The molecule has 0 saturated carbocycles. The molecule has 8 heteroatoms. The Morgan fingerprint density at radius 3 is 2.82 bits per heavy atom. The van der Waals surface area contributed by atoms with Gasteiger partial charge in [0.25, 0.3) is 5.91 Å². The number of amidine groups is 1. The van der Waals surface area contributed by atoms with Crippen LogP contribution in [0.3, 0.4) is 0 Å². The molecule has 1 N–H and O–H groups in total. The van der Waals surface area contributed by atoms with E-state index in [0.29, 0.717) is 33.2 Å². The van der Waals surface area contributed by atoms with Crippen LogP contribution in [0, 0.1) is 6.92 Å². The van der Waals surface area contributed by atoms with Gasteiger partial charge in [0.05, 0.1) is 24.3 Å². The van der Waals surface area contributed by atoms with Crippen molar-refractivity contribution in [2.45, 2.75) is 13.8 Å². The van der Waals surface area contributed by atoms with Gasteiger partial charge >= 0.3 is 0 Å². The maximum Gasteiger partial charge on any atom is 0.264 e. The number of amides is 1. The van der Waals surface area contributed by atoms with E-state index in [1.54, 1.807) is 13.2 Å². The number of nitrogens with one attached hydrogen (secondary N) is 1. The first-order valence-corrected chi connectivity index (χ1v) is 10.5. The molecule has 1 aliphatic rings. The summed E-state index contributed by atoms with van der Waals surface area (Å²) in [6.45, 7) is 4.31. The smallest absolute Gasteiger partial charge is 0.264 e. The van der Waals surface area contributed by atoms with Gasteiger partial charge in [0.1, 0.15) is 0 Å².